The van der Waals surface area contributed by atoms with Gasteiger partial charge in [-0.05, 0) is 43.9 Å². The van der Waals surface area contributed by atoms with Crippen molar-refractivity contribution < 1.29 is 4.79 Å². The summed E-state index contributed by atoms with van der Waals surface area (Å²) in [7, 11) is 0. The molecular weight excluding hydrogens is 270 g/mol. The molecule has 0 aliphatic heterocycles. The number of aryl methyl sites for hydroxylation is 1. The molecule has 1 fully saturated rings. The predicted octanol–water partition coefficient (Wildman–Crippen LogP) is 2.91. The summed E-state index contributed by atoms with van der Waals surface area (Å²) in [4.78, 5) is 16.8. The van der Waals surface area contributed by atoms with Crippen LogP contribution in [-0.4, -0.2) is 10.9 Å². The Labute approximate surface area is 122 Å². The van der Waals surface area contributed by atoms with Crippen molar-refractivity contribution >= 4 is 22.9 Å². The van der Waals surface area contributed by atoms with Gasteiger partial charge in [0.25, 0.3) is 5.91 Å². The molecule has 1 amide bonds. The second kappa shape index (κ2) is 5.25. The lowest BCUT2D eigenvalue weighted by Gasteiger charge is -2.16. The minimum Gasteiger partial charge on any atom is -0.399 e. The topological polar surface area (TPSA) is 68.0 Å². The maximum absolute atomic E-state index is 12.3. The maximum Gasteiger partial charge on any atom is 0.251 e. The number of aromatic nitrogens is 1. The molecule has 1 unspecified atom stereocenters. The van der Waals surface area contributed by atoms with Gasteiger partial charge in [-0.2, -0.15) is 0 Å². The first kappa shape index (κ1) is 13.1. The van der Waals surface area contributed by atoms with E-state index in [1.165, 1.54) is 0 Å². The van der Waals surface area contributed by atoms with Gasteiger partial charge in [-0.25, -0.2) is 4.98 Å². The minimum absolute atomic E-state index is 0.0302. The van der Waals surface area contributed by atoms with E-state index in [2.05, 4.69) is 10.3 Å². The van der Waals surface area contributed by atoms with Crippen LogP contribution in [0.25, 0.3) is 0 Å². The molecule has 1 aliphatic carbocycles. The summed E-state index contributed by atoms with van der Waals surface area (Å²) in [5, 5.41) is 6.13. The van der Waals surface area contributed by atoms with Crippen LogP contribution in [0.3, 0.4) is 0 Å². The van der Waals surface area contributed by atoms with Gasteiger partial charge in [-0.15, -0.1) is 11.3 Å². The second-order valence-electron chi connectivity index (χ2n) is 5.24. The van der Waals surface area contributed by atoms with Crippen molar-refractivity contribution in [3.05, 3.63) is 45.9 Å². The third-order valence-electron chi connectivity index (χ3n) is 3.43. The summed E-state index contributed by atoms with van der Waals surface area (Å²) in [6, 6.07) is 7.08. The van der Waals surface area contributed by atoms with E-state index in [1.54, 1.807) is 35.6 Å². The number of nitrogens with one attached hydrogen (secondary N) is 1. The molecule has 3 rings (SSSR count). The highest BCUT2D eigenvalue weighted by atomic mass is 32.1. The van der Waals surface area contributed by atoms with Gasteiger partial charge in [-0.1, -0.05) is 6.07 Å². The summed E-state index contributed by atoms with van der Waals surface area (Å²) in [6.45, 7) is 1.98. The number of carbonyl (C=O) groups is 1. The van der Waals surface area contributed by atoms with E-state index < -0.39 is 0 Å². The number of amides is 1. The van der Waals surface area contributed by atoms with Crippen LogP contribution in [0.2, 0.25) is 0 Å². The van der Waals surface area contributed by atoms with Crippen LogP contribution < -0.4 is 11.1 Å². The summed E-state index contributed by atoms with van der Waals surface area (Å²) in [5.74, 6) is 0.438. The Hall–Kier alpha value is -1.88. The first-order valence-electron chi connectivity index (χ1n) is 6.72. The van der Waals surface area contributed by atoms with E-state index >= 15 is 0 Å². The molecule has 1 saturated carbocycles. The van der Waals surface area contributed by atoms with Crippen LogP contribution in [0.4, 0.5) is 5.69 Å². The Morgan fingerprint density at radius 3 is 2.90 bits per heavy atom. The molecule has 1 heterocycles. The van der Waals surface area contributed by atoms with E-state index in [1.807, 2.05) is 12.3 Å². The second-order valence-corrected chi connectivity index (χ2v) is 6.13. The van der Waals surface area contributed by atoms with Crippen LogP contribution in [0.15, 0.2) is 29.6 Å². The zero-order valence-corrected chi connectivity index (χ0v) is 12.1. The molecule has 104 valence electrons. The van der Waals surface area contributed by atoms with Gasteiger partial charge < -0.3 is 11.1 Å². The highest BCUT2D eigenvalue weighted by Gasteiger charge is 2.35. The third-order valence-corrected chi connectivity index (χ3v) is 4.48. The Morgan fingerprint density at radius 2 is 2.30 bits per heavy atom. The normalized spacial score (nSPS) is 15.8. The van der Waals surface area contributed by atoms with Gasteiger partial charge in [-0.3, -0.25) is 4.79 Å². The molecule has 1 aromatic carbocycles. The van der Waals surface area contributed by atoms with Crippen LogP contribution in [0.5, 0.6) is 0 Å². The Balaban J connectivity index is 1.78. The maximum atomic E-state index is 12.3. The lowest BCUT2D eigenvalue weighted by Crippen LogP contribution is -2.29. The molecule has 1 atom stereocenters. The van der Waals surface area contributed by atoms with Gasteiger partial charge >= 0.3 is 0 Å². The fourth-order valence-corrected chi connectivity index (χ4v) is 3.17. The molecule has 20 heavy (non-hydrogen) atoms. The van der Waals surface area contributed by atoms with E-state index in [0.717, 1.165) is 23.5 Å². The first-order valence-corrected chi connectivity index (χ1v) is 7.60. The third kappa shape index (κ3) is 2.82. The number of nitrogen functional groups attached to an aromatic ring is 1. The number of rotatable bonds is 4. The highest BCUT2D eigenvalue weighted by Crippen LogP contribution is 2.42. The molecule has 2 aromatic rings. The number of anilines is 1. The van der Waals surface area contributed by atoms with Crippen LogP contribution >= 0.6 is 11.3 Å². The standard InChI is InChI=1S/C15H17N3OS/c1-9-8-20-15(17-9)13(10-5-6-10)18-14(19)11-3-2-4-12(16)7-11/h2-4,7-8,10,13H,5-6,16H2,1H3,(H,18,19). The molecular formula is C15H17N3OS. The Morgan fingerprint density at radius 1 is 1.50 bits per heavy atom. The Kier molecular flexibility index (Phi) is 3.44. The summed E-state index contributed by atoms with van der Waals surface area (Å²) >= 11 is 1.62. The largest absolute Gasteiger partial charge is 0.399 e. The summed E-state index contributed by atoms with van der Waals surface area (Å²) in [6.07, 6.45) is 2.31. The number of benzene rings is 1. The zero-order chi connectivity index (χ0) is 14.1. The average Bonchev–Trinajstić information content (AvgIpc) is 3.18. The fourth-order valence-electron chi connectivity index (χ4n) is 2.23. The smallest absolute Gasteiger partial charge is 0.251 e. The first-order chi connectivity index (χ1) is 9.63. The van der Waals surface area contributed by atoms with E-state index in [9.17, 15) is 4.79 Å². The number of nitrogens with two attached hydrogens (primary N) is 1. The summed E-state index contributed by atoms with van der Waals surface area (Å²) in [5.41, 5.74) is 7.94. The zero-order valence-electron chi connectivity index (χ0n) is 11.3. The van der Waals surface area contributed by atoms with Crippen molar-refractivity contribution in [3.63, 3.8) is 0 Å². The molecule has 0 radical (unpaired) electrons. The van der Waals surface area contributed by atoms with E-state index in [4.69, 9.17) is 5.73 Å². The molecule has 1 aromatic heterocycles. The lowest BCUT2D eigenvalue weighted by molar-refractivity contribution is 0.0931. The number of nitrogens with zero attached hydrogens (tertiary/aromatic N) is 1. The number of thiazole rings is 1. The van der Waals surface area contributed by atoms with Crippen molar-refractivity contribution in [1.29, 1.82) is 0 Å². The van der Waals surface area contributed by atoms with Crippen LogP contribution in [0, 0.1) is 12.8 Å². The summed E-state index contributed by atoms with van der Waals surface area (Å²) < 4.78 is 0. The van der Waals surface area contributed by atoms with Gasteiger partial charge in [0, 0.05) is 22.3 Å². The van der Waals surface area contributed by atoms with E-state index in [0.29, 0.717) is 17.2 Å². The van der Waals surface area contributed by atoms with Crippen molar-refractivity contribution in [2.75, 3.05) is 5.73 Å². The van der Waals surface area contributed by atoms with Crippen molar-refractivity contribution in [3.8, 4) is 0 Å². The van der Waals surface area contributed by atoms with Gasteiger partial charge in [0.15, 0.2) is 0 Å². The molecule has 0 saturated heterocycles. The van der Waals surface area contributed by atoms with Crippen LogP contribution in [-0.2, 0) is 0 Å². The van der Waals surface area contributed by atoms with Crippen LogP contribution in [0.1, 0.15) is 39.9 Å². The Bertz CT molecular complexity index is 634. The number of hydrogen-bond acceptors (Lipinski definition) is 4. The molecule has 0 spiro atoms. The van der Waals surface area contributed by atoms with Gasteiger partial charge in [0.05, 0.1) is 6.04 Å². The van der Waals surface area contributed by atoms with Crippen molar-refractivity contribution in [1.82, 2.24) is 10.3 Å². The SMILES string of the molecule is Cc1csc(C(NC(=O)c2cccc(N)c2)C2CC2)n1. The molecule has 3 N–H and O–H groups in total. The monoisotopic (exact) mass is 287 g/mol. The van der Waals surface area contributed by atoms with E-state index in [-0.39, 0.29) is 11.9 Å². The molecule has 0 bridgehead atoms. The molecule has 4 nitrogen and oxygen atoms in total. The molecule has 5 heteroatoms. The lowest BCUT2D eigenvalue weighted by atomic mass is 10.1. The fraction of sp³-hybridized carbons (Fsp3) is 0.333. The number of carbonyl (C=O) groups excluding carboxylic acids is 1. The predicted molar refractivity (Wildman–Crippen MR) is 80.6 cm³/mol. The molecule has 1 aliphatic rings. The quantitative estimate of drug-likeness (QED) is 0.850. The van der Waals surface area contributed by atoms with Crippen molar-refractivity contribution in [2.24, 2.45) is 5.92 Å². The van der Waals surface area contributed by atoms with Gasteiger partial charge in [0.2, 0.25) is 0 Å². The van der Waals surface area contributed by atoms with Crippen molar-refractivity contribution in [2.45, 2.75) is 25.8 Å². The van der Waals surface area contributed by atoms with Gasteiger partial charge in [0.1, 0.15) is 5.01 Å². The average molecular weight is 287 g/mol. The minimum atomic E-state index is -0.0814. The number of hydrogen-bond donors (Lipinski definition) is 2. The highest BCUT2D eigenvalue weighted by molar-refractivity contribution is 7.09.